The van der Waals surface area contributed by atoms with Gasteiger partial charge in [-0.2, -0.15) is 0 Å². The quantitative estimate of drug-likeness (QED) is 0.132. The maximum atomic E-state index is 12.4. The Morgan fingerprint density at radius 2 is 1.69 bits per heavy atom. The highest BCUT2D eigenvalue weighted by molar-refractivity contribution is 6.36. The monoisotopic (exact) mass is 569 g/mol. The van der Waals surface area contributed by atoms with Crippen LogP contribution in [0.4, 0.5) is 0 Å². The first-order valence-electron chi connectivity index (χ1n) is 12.7. The van der Waals surface area contributed by atoms with E-state index >= 15 is 0 Å². The van der Waals surface area contributed by atoms with E-state index in [9.17, 15) is 14.7 Å². The van der Waals surface area contributed by atoms with E-state index in [0.717, 1.165) is 47.5 Å². The van der Waals surface area contributed by atoms with Crippen molar-refractivity contribution in [3.05, 3.63) is 86.9 Å². The molecule has 0 aliphatic rings. The second-order valence-corrected chi connectivity index (χ2v) is 10.2. The molecular weight excluding hydrogens is 537 g/mol. The molecule has 0 fully saturated rings. The zero-order valence-electron chi connectivity index (χ0n) is 22.6. The summed E-state index contributed by atoms with van der Waals surface area (Å²) >= 11 is 12.7. The molecule has 0 spiro atoms. The van der Waals surface area contributed by atoms with E-state index in [4.69, 9.17) is 32.7 Å². The number of ether oxygens (including phenoxy) is 2. The molecule has 39 heavy (non-hydrogen) atoms. The summed E-state index contributed by atoms with van der Waals surface area (Å²) in [5.41, 5.74) is 3.68. The van der Waals surface area contributed by atoms with E-state index in [0.29, 0.717) is 28.6 Å². The fraction of sp³-hybridized carbons (Fsp3) is 0.290. The Bertz CT molecular complexity index is 1350. The van der Waals surface area contributed by atoms with E-state index in [-0.39, 0.29) is 23.5 Å². The molecule has 0 aliphatic heterocycles. The molecule has 6 nitrogen and oxygen atoms in total. The van der Waals surface area contributed by atoms with Gasteiger partial charge in [-0.05, 0) is 99.0 Å². The predicted octanol–water partition coefficient (Wildman–Crippen LogP) is 7.33. The Kier molecular flexibility index (Phi) is 11.0. The lowest BCUT2D eigenvalue weighted by Gasteiger charge is -2.19. The third-order valence-electron chi connectivity index (χ3n) is 6.42. The summed E-state index contributed by atoms with van der Waals surface area (Å²) in [4.78, 5) is 26.1. The molecule has 0 aromatic heterocycles. The summed E-state index contributed by atoms with van der Waals surface area (Å²) in [7, 11) is 2.07. The minimum Gasteiger partial charge on any atom is -0.507 e. The minimum atomic E-state index is -0.432. The number of phenols is 1. The van der Waals surface area contributed by atoms with E-state index in [1.807, 2.05) is 37.3 Å². The third kappa shape index (κ3) is 7.85. The lowest BCUT2D eigenvalue weighted by Crippen LogP contribution is -2.24. The van der Waals surface area contributed by atoms with Crippen molar-refractivity contribution < 1.29 is 24.2 Å². The number of carbonyl (C=O) groups excluding carboxylic acids is 2. The lowest BCUT2D eigenvalue weighted by atomic mass is 9.88. The predicted molar refractivity (Wildman–Crippen MR) is 157 cm³/mol. The molecule has 0 amide bonds. The normalized spacial score (nSPS) is 11.8. The van der Waals surface area contributed by atoms with Crippen molar-refractivity contribution in [2.75, 3.05) is 26.7 Å². The first-order valence-corrected chi connectivity index (χ1v) is 13.4. The molecular formula is C31H33Cl2NO5. The van der Waals surface area contributed by atoms with Crippen molar-refractivity contribution >= 4 is 46.6 Å². The van der Waals surface area contributed by atoms with Gasteiger partial charge in [0.25, 0.3) is 6.47 Å². The molecule has 0 heterocycles. The number of rotatable bonds is 13. The van der Waals surface area contributed by atoms with Crippen LogP contribution in [-0.4, -0.2) is 49.0 Å². The summed E-state index contributed by atoms with van der Waals surface area (Å²) in [6.07, 6.45) is 1.51. The molecule has 0 bridgehead atoms. The molecule has 3 aromatic carbocycles. The van der Waals surface area contributed by atoms with Crippen molar-refractivity contribution in [1.82, 2.24) is 4.90 Å². The molecule has 8 heteroatoms. The Labute approximate surface area is 239 Å². The molecule has 0 radical (unpaired) electrons. The summed E-state index contributed by atoms with van der Waals surface area (Å²) < 4.78 is 11.2. The number of hydrogen-bond donors (Lipinski definition) is 1. The second-order valence-electron chi connectivity index (χ2n) is 9.31. The molecule has 0 saturated heterocycles. The van der Waals surface area contributed by atoms with Crippen LogP contribution in [0.15, 0.2) is 54.6 Å². The van der Waals surface area contributed by atoms with E-state index in [1.165, 1.54) is 13.0 Å². The van der Waals surface area contributed by atoms with Gasteiger partial charge in [-0.25, -0.2) is 0 Å². The van der Waals surface area contributed by atoms with Crippen LogP contribution >= 0.6 is 23.2 Å². The van der Waals surface area contributed by atoms with Gasteiger partial charge in [0, 0.05) is 22.2 Å². The summed E-state index contributed by atoms with van der Waals surface area (Å²) in [5, 5.41) is 11.4. The first-order chi connectivity index (χ1) is 18.7. The topological polar surface area (TPSA) is 76.1 Å². The van der Waals surface area contributed by atoms with Crippen LogP contribution in [0.2, 0.25) is 10.0 Å². The van der Waals surface area contributed by atoms with Gasteiger partial charge >= 0.3 is 0 Å². The zero-order chi connectivity index (χ0) is 28.5. The van der Waals surface area contributed by atoms with Gasteiger partial charge in [-0.1, -0.05) is 48.3 Å². The van der Waals surface area contributed by atoms with Gasteiger partial charge in [-0.15, -0.1) is 0 Å². The van der Waals surface area contributed by atoms with Gasteiger partial charge in [-0.3, -0.25) is 9.59 Å². The molecule has 0 atom stereocenters. The fourth-order valence-corrected chi connectivity index (χ4v) is 4.98. The molecule has 1 N–H and O–H groups in total. The number of hydrogen-bond acceptors (Lipinski definition) is 6. The molecule has 3 rings (SSSR count). The molecule has 0 saturated carbocycles. The average Bonchev–Trinajstić information content (AvgIpc) is 2.88. The smallest absolute Gasteiger partial charge is 0.298 e. The molecule has 0 aliphatic carbocycles. The number of Topliss-reactive ketones (excluding diaryl/α,β-unsaturated/α-hetero) is 1. The maximum Gasteiger partial charge on any atom is 0.298 e. The van der Waals surface area contributed by atoms with Crippen LogP contribution in [0.3, 0.4) is 0 Å². The Hall–Kier alpha value is -3.32. The van der Waals surface area contributed by atoms with E-state index in [1.54, 1.807) is 18.2 Å². The number of phenolic OH excluding ortho intramolecular Hbond substituents is 1. The van der Waals surface area contributed by atoms with Gasteiger partial charge in [0.2, 0.25) is 0 Å². The largest absolute Gasteiger partial charge is 0.507 e. The van der Waals surface area contributed by atoms with Gasteiger partial charge in [0.1, 0.15) is 23.7 Å². The Balaban J connectivity index is 2.05. The number of nitrogens with zero attached hydrogens (tertiary/aromatic N) is 1. The number of carbonyl (C=O) groups is 2. The number of allylic oxidation sites excluding steroid dienone is 2. The van der Waals surface area contributed by atoms with Crippen molar-refractivity contribution in [2.24, 2.45) is 0 Å². The van der Waals surface area contributed by atoms with Gasteiger partial charge in [0.05, 0.1) is 0 Å². The van der Waals surface area contributed by atoms with Crippen LogP contribution in [0.5, 0.6) is 17.2 Å². The van der Waals surface area contributed by atoms with Crippen molar-refractivity contribution in [2.45, 2.75) is 33.6 Å². The standard InChI is InChI=1S/C31H33Cl2NO5/c1-5-14-34(4)15-16-38-24-9-6-22(7-10-24)17-27(20(2)25-11-8-23(32)18-28(25)33)26-12-13-29(37)30(21(3)36)31(26)39-19-35/h6-13,18-19,37H,5,14-17H2,1-4H3/b27-20+. The average molecular weight is 571 g/mol. The number of likely N-dealkylation sites (N-methyl/N-ethyl adjacent to an activating group) is 1. The fourth-order valence-electron chi connectivity index (χ4n) is 4.43. The van der Waals surface area contributed by atoms with E-state index in [2.05, 4.69) is 18.9 Å². The zero-order valence-corrected chi connectivity index (χ0v) is 24.1. The molecule has 3 aromatic rings. The van der Waals surface area contributed by atoms with Crippen LogP contribution < -0.4 is 9.47 Å². The minimum absolute atomic E-state index is 0.00640. The third-order valence-corrected chi connectivity index (χ3v) is 6.97. The highest BCUT2D eigenvalue weighted by Crippen LogP contribution is 2.41. The van der Waals surface area contributed by atoms with E-state index < -0.39 is 5.78 Å². The highest BCUT2D eigenvalue weighted by Gasteiger charge is 2.23. The Morgan fingerprint density at radius 3 is 2.31 bits per heavy atom. The SMILES string of the molecule is CCCN(C)CCOc1ccc(C/C(=C(/C)c2ccc(Cl)cc2Cl)c2ccc(O)c(C(C)=O)c2OC=O)cc1. The summed E-state index contributed by atoms with van der Waals surface area (Å²) in [5.74, 6) is 0.0581. The van der Waals surface area contributed by atoms with Crippen LogP contribution in [0, 0.1) is 0 Å². The molecule has 206 valence electrons. The lowest BCUT2D eigenvalue weighted by molar-refractivity contribution is -0.120. The van der Waals surface area contributed by atoms with Crippen LogP contribution in [0.1, 0.15) is 54.2 Å². The first kappa shape index (κ1) is 30.2. The summed E-state index contributed by atoms with van der Waals surface area (Å²) in [6.45, 7) is 8.05. The van der Waals surface area contributed by atoms with Crippen LogP contribution in [0.25, 0.3) is 11.1 Å². The molecule has 0 unspecified atom stereocenters. The van der Waals surface area contributed by atoms with Crippen molar-refractivity contribution in [3.63, 3.8) is 0 Å². The van der Waals surface area contributed by atoms with Crippen LogP contribution in [-0.2, 0) is 11.2 Å². The van der Waals surface area contributed by atoms with Crippen molar-refractivity contribution in [3.8, 4) is 17.2 Å². The van der Waals surface area contributed by atoms with Crippen molar-refractivity contribution in [1.29, 1.82) is 0 Å². The van der Waals surface area contributed by atoms with Gasteiger partial charge < -0.3 is 19.5 Å². The van der Waals surface area contributed by atoms with Gasteiger partial charge in [0.15, 0.2) is 11.5 Å². The highest BCUT2D eigenvalue weighted by atomic mass is 35.5. The number of ketones is 1. The summed E-state index contributed by atoms with van der Waals surface area (Å²) in [6, 6.07) is 16.0. The Morgan fingerprint density at radius 1 is 1.00 bits per heavy atom. The second kappa shape index (κ2) is 14.2. The number of benzene rings is 3. The number of halogens is 2. The number of aromatic hydroxyl groups is 1. The maximum absolute atomic E-state index is 12.4.